The number of methoxy groups -OCH3 is 2. The van der Waals surface area contributed by atoms with Crippen LogP contribution in [0.3, 0.4) is 0 Å². The van der Waals surface area contributed by atoms with Gasteiger partial charge in [0.15, 0.2) is 0 Å². The molecule has 1 aromatic heterocycles. The minimum Gasteiger partial charge on any atom is -0.497 e. The molecule has 3 aromatic rings. The monoisotopic (exact) mass is 393 g/mol. The second-order valence-corrected chi connectivity index (χ2v) is 6.29. The highest BCUT2D eigenvalue weighted by Gasteiger charge is 2.09. The zero-order valence-corrected chi connectivity index (χ0v) is 16.7. The van der Waals surface area contributed by atoms with E-state index < -0.39 is 0 Å². The van der Waals surface area contributed by atoms with Crippen molar-refractivity contribution in [1.29, 1.82) is 0 Å². The highest BCUT2D eigenvalue weighted by Crippen LogP contribution is 2.31. The highest BCUT2D eigenvalue weighted by molar-refractivity contribution is 5.88. The Bertz CT molecular complexity index is 1010. The second kappa shape index (κ2) is 8.92. The van der Waals surface area contributed by atoms with Gasteiger partial charge in [0.25, 0.3) is 0 Å². The molecule has 0 saturated heterocycles. The van der Waals surface area contributed by atoms with E-state index in [2.05, 4.69) is 25.9 Å². The first kappa shape index (κ1) is 19.9. The fraction of sp³-hybridized carbons (Fsp3) is 0.190. The molecular formula is C21H23N5O3. The lowest BCUT2D eigenvalue weighted by atomic mass is 10.2. The van der Waals surface area contributed by atoms with Crippen molar-refractivity contribution in [2.45, 2.75) is 13.8 Å². The first-order valence-electron chi connectivity index (χ1n) is 8.96. The summed E-state index contributed by atoms with van der Waals surface area (Å²) in [6.07, 6.45) is 0. The van der Waals surface area contributed by atoms with Crippen molar-refractivity contribution in [3.63, 3.8) is 0 Å². The minimum atomic E-state index is -0.114. The highest BCUT2D eigenvalue weighted by atomic mass is 16.5. The number of carbonyl (C=O) groups is 1. The third kappa shape index (κ3) is 5.35. The van der Waals surface area contributed by atoms with Crippen LogP contribution in [0.4, 0.5) is 28.8 Å². The lowest BCUT2D eigenvalue weighted by molar-refractivity contribution is -0.114. The van der Waals surface area contributed by atoms with Gasteiger partial charge < -0.3 is 25.4 Å². The Hall–Kier alpha value is -3.81. The Morgan fingerprint density at radius 1 is 0.897 bits per heavy atom. The van der Waals surface area contributed by atoms with Crippen LogP contribution in [0.5, 0.6) is 11.5 Å². The molecule has 0 saturated carbocycles. The predicted molar refractivity (Wildman–Crippen MR) is 114 cm³/mol. The Morgan fingerprint density at radius 3 is 2.28 bits per heavy atom. The number of aromatic nitrogens is 2. The van der Waals surface area contributed by atoms with Gasteiger partial charge in [-0.15, -0.1) is 0 Å². The number of rotatable bonds is 7. The maximum Gasteiger partial charge on any atom is 0.229 e. The van der Waals surface area contributed by atoms with Gasteiger partial charge in [0.05, 0.1) is 19.9 Å². The summed E-state index contributed by atoms with van der Waals surface area (Å²) in [6, 6.07) is 14.6. The van der Waals surface area contributed by atoms with Gasteiger partial charge in [0.1, 0.15) is 17.3 Å². The summed E-state index contributed by atoms with van der Waals surface area (Å²) < 4.78 is 10.7. The molecule has 3 rings (SSSR count). The largest absolute Gasteiger partial charge is 0.497 e. The molecule has 2 aromatic carbocycles. The molecule has 8 nitrogen and oxygen atoms in total. The number of nitrogens with one attached hydrogen (secondary N) is 3. The van der Waals surface area contributed by atoms with E-state index in [1.807, 2.05) is 37.3 Å². The number of ether oxygens (including phenoxy) is 2. The molecule has 0 aliphatic heterocycles. The minimum absolute atomic E-state index is 0.114. The summed E-state index contributed by atoms with van der Waals surface area (Å²) in [5.74, 6) is 2.31. The van der Waals surface area contributed by atoms with E-state index in [1.54, 1.807) is 32.4 Å². The number of hydrogen-bond acceptors (Lipinski definition) is 7. The lowest BCUT2D eigenvalue weighted by Crippen LogP contribution is -2.06. The van der Waals surface area contributed by atoms with E-state index in [0.29, 0.717) is 23.3 Å². The van der Waals surface area contributed by atoms with Crippen LogP contribution in [-0.4, -0.2) is 30.1 Å². The van der Waals surface area contributed by atoms with Gasteiger partial charge in [-0.1, -0.05) is 0 Å². The molecule has 1 amide bonds. The van der Waals surface area contributed by atoms with Crippen molar-refractivity contribution >= 4 is 34.7 Å². The van der Waals surface area contributed by atoms with Crippen LogP contribution in [0.25, 0.3) is 0 Å². The quantitative estimate of drug-likeness (QED) is 0.552. The van der Waals surface area contributed by atoms with Crippen LogP contribution in [0.1, 0.15) is 12.6 Å². The molecule has 0 radical (unpaired) electrons. The number of carbonyl (C=O) groups excluding carboxylic acids is 1. The zero-order valence-electron chi connectivity index (χ0n) is 16.7. The lowest BCUT2D eigenvalue weighted by Gasteiger charge is -2.13. The first-order valence-corrected chi connectivity index (χ1v) is 8.96. The van der Waals surface area contributed by atoms with Crippen molar-refractivity contribution in [2.75, 3.05) is 30.2 Å². The summed E-state index contributed by atoms with van der Waals surface area (Å²) in [5.41, 5.74) is 3.09. The van der Waals surface area contributed by atoms with E-state index in [4.69, 9.17) is 9.47 Å². The molecule has 150 valence electrons. The van der Waals surface area contributed by atoms with Crippen LogP contribution in [0.15, 0.2) is 48.5 Å². The molecule has 0 spiro atoms. The Balaban J connectivity index is 1.79. The second-order valence-electron chi connectivity index (χ2n) is 6.29. The van der Waals surface area contributed by atoms with Crippen LogP contribution >= 0.6 is 0 Å². The summed E-state index contributed by atoms with van der Waals surface area (Å²) in [5, 5.41) is 9.16. The van der Waals surface area contributed by atoms with Crippen LogP contribution in [-0.2, 0) is 4.79 Å². The van der Waals surface area contributed by atoms with Gasteiger partial charge >= 0.3 is 0 Å². The molecule has 8 heteroatoms. The smallest absolute Gasteiger partial charge is 0.229 e. The van der Waals surface area contributed by atoms with Crippen molar-refractivity contribution in [3.8, 4) is 11.5 Å². The van der Waals surface area contributed by atoms with Crippen LogP contribution in [0.2, 0.25) is 0 Å². The average Bonchev–Trinajstić information content (AvgIpc) is 2.69. The molecule has 29 heavy (non-hydrogen) atoms. The topological polar surface area (TPSA) is 97.4 Å². The maximum absolute atomic E-state index is 11.1. The number of aryl methyl sites for hydroxylation is 1. The van der Waals surface area contributed by atoms with Gasteiger partial charge in [0, 0.05) is 36.1 Å². The third-order valence-electron chi connectivity index (χ3n) is 3.99. The number of amides is 1. The molecule has 3 N–H and O–H groups in total. The van der Waals surface area contributed by atoms with Crippen LogP contribution in [0, 0.1) is 6.92 Å². The van der Waals surface area contributed by atoms with Gasteiger partial charge in [0.2, 0.25) is 11.9 Å². The van der Waals surface area contributed by atoms with Gasteiger partial charge in [-0.2, -0.15) is 4.98 Å². The average molecular weight is 393 g/mol. The molecule has 1 heterocycles. The Kier molecular flexibility index (Phi) is 6.13. The fourth-order valence-electron chi connectivity index (χ4n) is 2.70. The molecule has 0 fully saturated rings. The van der Waals surface area contributed by atoms with Gasteiger partial charge in [-0.25, -0.2) is 4.98 Å². The molecule has 0 aliphatic rings. The summed E-state index contributed by atoms with van der Waals surface area (Å²) in [7, 11) is 3.21. The van der Waals surface area contributed by atoms with Crippen molar-refractivity contribution in [2.24, 2.45) is 0 Å². The fourth-order valence-corrected chi connectivity index (χ4v) is 2.70. The summed E-state index contributed by atoms with van der Waals surface area (Å²) in [6.45, 7) is 3.36. The third-order valence-corrected chi connectivity index (χ3v) is 3.99. The van der Waals surface area contributed by atoms with E-state index >= 15 is 0 Å². The van der Waals surface area contributed by atoms with E-state index in [0.717, 1.165) is 22.8 Å². The molecule has 0 unspecified atom stereocenters. The normalized spacial score (nSPS) is 10.2. The number of benzene rings is 2. The number of anilines is 5. The maximum atomic E-state index is 11.1. The van der Waals surface area contributed by atoms with Gasteiger partial charge in [-0.05, 0) is 43.3 Å². The van der Waals surface area contributed by atoms with Gasteiger partial charge in [-0.3, -0.25) is 4.79 Å². The van der Waals surface area contributed by atoms with E-state index in [1.165, 1.54) is 6.92 Å². The molecular weight excluding hydrogens is 370 g/mol. The molecule has 0 aliphatic carbocycles. The Labute approximate surface area is 169 Å². The van der Waals surface area contributed by atoms with Crippen molar-refractivity contribution in [1.82, 2.24) is 9.97 Å². The summed E-state index contributed by atoms with van der Waals surface area (Å²) >= 11 is 0. The summed E-state index contributed by atoms with van der Waals surface area (Å²) in [4.78, 5) is 20.1. The van der Waals surface area contributed by atoms with Crippen molar-refractivity contribution in [3.05, 3.63) is 54.2 Å². The molecule has 0 atom stereocenters. The first-order chi connectivity index (χ1) is 14.0. The number of nitrogens with zero attached hydrogens (tertiary/aromatic N) is 2. The van der Waals surface area contributed by atoms with E-state index in [9.17, 15) is 4.79 Å². The predicted octanol–water partition coefficient (Wildman–Crippen LogP) is 4.25. The molecule has 0 bridgehead atoms. The zero-order chi connectivity index (χ0) is 20.8. The standard InChI is InChI=1S/C21H23N5O3/c1-13-11-20(25-18-10-9-17(28-3)12-19(18)29-4)26-21(22-13)24-16-7-5-15(6-8-16)23-14(2)27/h5-12H,1-4H3,(H,23,27)(H2,22,24,25,26). The van der Waals surface area contributed by atoms with Crippen LogP contribution < -0.4 is 25.4 Å². The Morgan fingerprint density at radius 2 is 1.62 bits per heavy atom. The number of hydrogen-bond donors (Lipinski definition) is 3. The van der Waals surface area contributed by atoms with Crippen molar-refractivity contribution < 1.29 is 14.3 Å². The van der Waals surface area contributed by atoms with E-state index in [-0.39, 0.29) is 5.91 Å². The SMILES string of the molecule is COc1ccc(Nc2cc(C)nc(Nc3ccc(NC(C)=O)cc3)n2)c(OC)c1.